The lowest BCUT2D eigenvalue weighted by Crippen LogP contribution is -2.32. The normalized spacial score (nSPS) is 15.2. The van der Waals surface area contributed by atoms with Crippen molar-refractivity contribution < 1.29 is 13.9 Å². The molecule has 152 valence electrons. The van der Waals surface area contributed by atoms with Gasteiger partial charge >= 0.3 is 0 Å². The third-order valence-corrected chi connectivity index (χ3v) is 5.34. The largest absolute Gasteiger partial charge is 0.494 e. The van der Waals surface area contributed by atoms with Gasteiger partial charge in [0.2, 0.25) is 5.89 Å². The number of amides is 1. The summed E-state index contributed by atoms with van der Waals surface area (Å²) in [6.45, 7) is 10.0. The maximum atomic E-state index is 12.5. The maximum Gasteiger partial charge on any atom is 0.275 e. The minimum atomic E-state index is -0.0193. The van der Waals surface area contributed by atoms with Crippen molar-refractivity contribution in [3.05, 3.63) is 47.7 Å². The van der Waals surface area contributed by atoms with Crippen LogP contribution < -0.4 is 4.74 Å². The molecule has 1 aliphatic rings. The van der Waals surface area contributed by atoms with Crippen LogP contribution in [0, 0.1) is 0 Å². The fraction of sp³-hybridized carbons (Fsp3) is 0.545. The Morgan fingerprint density at radius 1 is 1.21 bits per heavy atom. The van der Waals surface area contributed by atoms with Gasteiger partial charge in [0.15, 0.2) is 5.69 Å². The topological polar surface area (TPSA) is 58.8 Å². The summed E-state index contributed by atoms with van der Waals surface area (Å²) in [5, 5.41) is 0. The number of nitrogens with zero attached hydrogens (tertiary/aromatic N) is 3. The molecule has 28 heavy (non-hydrogen) atoms. The average Bonchev–Trinajstić information content (AvgIpc) is 3.40. The third-order valence-electron chi connectivity index (χ3n) is 5.34. The molecule has 1 saturated heterocycles. The van der Waals surface area contributed by atoms with Crippen molar-refractivity contribution in [3.63, 3.8) is 0 Å². The highest BCUT2D eigenvalue weighted by Crippen LogP contribution is 2.19. The molecular formula is C22H31N3O3. The minimum absolute atomic E-state index is 0.0193. The number of hydrogen-bond donors (Lipinski definition) is 0. The van der Waals surface area contributed by atoms with Gasteiger partial charge in [0.1, 0.15) is 12.0 Å². The van der Waals surface area contributed by atoms with E-state index < -0.39 is 0 Å². The van der Waals surface area contributed by atoms with Crippen LogP contribution in [0.1, 0.15) is 62.0 Å². The van der Waals surface area contributed by atoms with E-state index >= 15 is 0 Å². The van der Waals surface area contributed by atoms with Crippen LogP contribution in [0.25, 0.3) is 0 Å². The number of hydrogen-bond acceptors (Lipinski definition) is 5. The second-order valence-corrected chi connectivity index (χ2v) is 7.37. The molecule has 2 heterocycles. The average molecular weight is 386 g/mol. The smallest absolute Gasteiger partial charge is 0.275 e. The molecule has 0 N–H and O–H groups in total. The predicted molar refractivity (Wildman–Crippen MR) is 108 cm³/mol. The minimum Gasteiger partial charge on any atom is -0.494 e. The third kappa shape index (κ3) is 5.13. The van der Waals surface area contributed by atoms with Gasteiger partial charge in [0.25, 0.3) is 5.91 Å². The highest BCUT2D eigenvalue weighted by molar-refractivity contribution is 5.92. The molecule has 0 saturated carbocycles. The number of ether oxygens (including phenoxy) is 1. The number of likely N-dealkylation sites (tertiary alicyclic amines) is 1. The molecule has 0 bridgehead atoms. The summed E-state index contributed by atoms with van der Waals surface area (Å²) in [6, 6.07) is 8.57. The molecule has 1 aliphatic heterocycles. The van der Waals surface area contributed by atoms with Gasteiger partial charge in [-0.15, -0.1) is 0 Å². The van der Waals surface area contributed by atoms with Crippen LogP contribution in [0.2, 0.25) is 0 Å². The van der Waals surface area contributed by atoms with Gasteiger partial charge in [-0.1, -0.05) is 19.1 Å². The van der Waals surface area contributed by atoms with Crippen LogP contribution in [-0.2, 0) is 13.1 Å². The molecule has 6 heteroatoms. The molecule has 0 spiro atoms. The second kappa shape index (κ2) is 9.73. The van der Waals surface area contributed by atoms with E-state index in [9.17, 15) is 4.79 Å². The Labute approximate surface area is 167 Å². The van der Waals surface area contributed by atoms with Crippen molar-refractivity contribution in [1.82, 2.24) is 14.8 Å². The van der Waals surface area contributed by atoms with E-state index in [0.29, 0.717) is 30.8 Å². The first kappa shape index (κ1) is 20.4. The maximum absolute atomic E-state index is 12.5. The molecule has 1 aromatic heterocycles. The van der Waals surface area contributed by atoms with E-state index in [2.05, 4.69) is 35.9 Å². The van der Waals surface area contributed by atoms with E-state index in [1.807, 2.05) is 24.0 Å². The number of benzene rings is 1. The predicted octanol–water partition coefficient (Wildman–Crippen LogP) is 4.11. The monoisotopic (exact) mass is 385 g/mol. The summed E-state index contributed by atoms with van der Waals surface area (Å²) in [5.74, 6) is 1.46. The van der Waals surface area contributed by atoms with E-state index in [1.54, 1.807) is 0 Å². The van der Waals surface area contributed by atoms with E-state index in [-0.39, 0.29) is 5.91 Å². The quantitative estimate of drug-likeness (QED) is 0.650. The number of carbonyl (C=O) groups is 1. The van der Waals surface area contributed by atoms with Gasteiger partial charge in [-0.3, -0.25) is 9.69 Å². The summed E-state index contributed by atoms with van der Waals surface area (Å²) < 4.78 is 11.2. The summed E-state index contributed by atoms with van der Waals surface area (Å²) in [6.07, 6.45) is 4.67. The summed E-state index contributed by atoms with van der Waals surface area (Å²) in [7, 11) is 0. The van der Waals surface area contributed by atoms with Crippen molar-refractivity contribution in [2.75, 3.05) is 19.7 Å². The van der Waals surface area contributed by atoms with Gasteiger partial charge in [0, 0.05) is 25.7 Å². The Balaban J connectivity index is 1.66. The highest BCUT2D eigenvalue weighted by Gasteiger charge is 2.23. The summed E-state index contributed by atoms with van der Waals surface area (Å²) >= 11 is 0. The van der Waals surface area contributed by atoms with Crippen LogP contribution in [0.3, 0.4) is 0 Å². The first-order chi connectivity index (χ1) is 13.6. The van der Waals surface area contributed by atoms with E-state index in [0.717, 1.165) is 44.6 Å². The fourth-order valence-electron chi connectivity index (χ4n) is 3.46. The standard InChI is InChI=1S/C22H31N3O3/c1-4-17(3)25(14-18-8-10-19(11-9-18)27-5-2)15-21-23-20(16-28-21)22(26)24-12-6-7-13-24/h8-11,16-17H,4-7,12-15H2,1-3H3. The number of oxazole rings is 1. The Morgan fingerprint density at radius 3 is 2.57 bits per heavy atom. The SMILES string of the molecule is CCOc1ccc(CN(Cc2nc(C(=O)N3CCCC3)co2)C(C)CC)cc1. The van der Waals surface area contributed by atoms with Gasteiger partial charge in [-0.05, 0) is 50.8 Å². The lowest BCUT2D eigenvalue weighted by atomic mass is 10.1. The van der Waals surface area contributed by atoms with Crippen LogP contribution in [0.15, 0.2) is 34.9 Å². The lowest BCUT2D eigenvalue weighted by Gasteiger charge is -2.27. The van der Waals surface area contributed by atoms with Crippen LogP contribution in [0.4, 0.5) is 0 Å². The zero-order chi connectivity index (χ0) is 19.9. The zero-order valence-corrected chi connectivity index (χ0v) is 17.2. The molecular weight excluding hydrogens is 354 g/mol. The van der Waals surface area contributed by atoms with E-state index in [1.165, 1.54) is 11.8 Å². The van der Waals surface area contributed by atoms with Crippen LogP contribution in [0.5, 0.6) is 5.75 Å². The van der Waals surface area contributed by atoms with Crippen molar-refractivity contribution in [2.24, 2.45) is 0 Å². The molecule has 0 radical (unpaired) electrons. The van der Waals surface area contributed by atoms with Gasteiger partial charge in [0.05, 0.1) is 13.2 Å². The first-order valence-electron chi connectivity index (χ1n) is 10.3. The first-order valence-corrected chi connectivity index (χ1v) is 10.3. The van der Waals surface area contributed by atoms with Crippen LogP contribution >= 0.6 is 0 Å². The van der Waals surface area contributed by atoms with E-state index in [4.69, 9.17) is 9.15 Å². The Kier molecular flexibility index (Phi) is 7.09. The zero-order valence-electron chi connectivity index (χ0n) is 17.2. The Morgan fingerprint density at radius 2 is 1.93 bits per heavy atom. The molecule has 2 aromatic rings. The number of carbonyl (C=O) groups excluding carboxylic acids is 1. The Hall–Kier alpha value is -2.34. The van der Waals surface area contributed by atoms with Crippen molar-refractivity contribution in [2.45, 2.75) is 59.2 Å². The fourth-order valence-corrected chi connectivity index (χ4v) is 3.46. The molecule has 3 rings (SSSR count). The molecule has 1 atom stereocenters. The van der Waals surface area contributed by atoms with Crippen molar-refractivity contribution in [1.29, 1.82) is 0 Å². The van der Waals surface area contributed by atoms with Crippen molar-refractivity contribution in [3.8, 4) is 5.75 Å². The van der Waals surface area contributed by atoms with Gasteiger partial charge in [-0.2, -0.15) is 0 Å². The molecule has 1 unspecified atom stereocenters. The molecule has 6 nitrogen and oxygen atoms in total. The van der Waals surface area contributed by atoms with Crippen LogP contribution in [-0.4, -0.2) is 46.4 Å². The highest BCUT2D eigenvalue weighted by atomic mass is 16.5. The summed E-state index contributed by atoms with van der Waals surface area (Å²) in [5.41, 5.74) is 1.63. The molecule has 0 aliphatic carbocycles. The van der Waals surface area contributed by atoms with Gasteiger partial charge in [-0.25, -0.2) is 4.98 Å². The molecule has 1 aromatic carbocycles. The number of rotatable bonds is 9. The van der Waals surface area contributed by atoms with Crippen molar-refractivity contribution >= 4 is 5.91 Å². The molecule has 1 amide bonds. The molecule has 1 fully saturated rings. The second-order valence-electron chi connectivity index (χ2n) is 7.37. The number of aromatic nitrogens is 1. The lowest BCUT2D eigenvalue weighted by molar-refractivity contribution is 0.0787. The summed E-state index contributed by atoms with van der Waals surface area (Å²) in [4.78, 5) is 21.1. The Bertz CT molecular complexity index is 751. The van der Waals surface area contributed by atoms with Gasteiger partial charge < -0.3 is 14.1 Å².